The molecule has 0 aromatic rings. The van der Waals surface area contributed by atoms with Crippen molar-refractivity contribution < 1.29 is 29.3 Å². The van der Waals surface area contributed by atoms with E-state index in [4.69, 9.17) is 9.84 Å². The van der Waals surface area contributed by atoms with Crippen molar-refractivity contribution in [1.29, 1.82) is 0 Å². The summed E-state index contributed by atoms with van der Waals surface area (Å²) in [6, 6.07) is 0. The van der Waals surface area contributed by atoms with E-state index in [0.29, 0.717) is 12.8 Å². The highest BCUT2D eigenvalue weighted by Crippen LogP contribution is 2.33. The van der Waals surface area contributed by atoms with Crippen molar-refractivity contribution in [3.63, 3.8) is 0 Å². The zero-order valence-electron chi connectivity index (χ0n) is 11.2. The average Bonchev–Trinajstić information content (AvgIpc) is 2.37. The molecule has 110 valence electrons. The predicted octanol–water partition coefficient (Wildman–Crippen LogP) is 1.47. The normalized spacial score (nSPS) is 24.9. The molecule has 0 radical (unpaired) electrons. The Labute approximate surface area is 116 Å². The number of rotatable bonds is 6. The van der Waals surface area contributed by atoms with E-state index < -0.39 is 29.7 Å². The monoisotopic (exact) mass is 282 g/mol. The number of carbonyl (C=O) groups excluding carboxylic acids is 1. The van der Waals surface area contributed by atoms with E-state index in [0.717, 1.165) is 0 Å². The van der Waals surface area contributed by atoms with Crippen LogP contribution in [-0.2, 0) is 19.1 Å². The second-order valence-corrected chi connectivity index (χ2v) is 4.86. The number of carbonyl (C=O) groups is 3. The van der Waals surface area contributed by atoms with Crippen LogP contribution in [0.15, 0.2) is 24.3 Å². The lowest BCUT2D eigenvalue weighted by Gasteiger charge is -2.29. The van der Waals surface area contributed by atoms with Gasteiger partial charge in [0.05, 0.1) is 18.4 Å². The number of carboxylic acid groups (broad SMARTS) is 2. The van der Waals surface area contributed by atoms with Crippen LogP contribution in [0.1, 0.15) is 19.8 Å². The number of hydrogen-bond acceptors (Lipinski definition) is 4. The van der Waals surface area contributed by atoms with E-state index in [9.17, 15) is 19.5 Å². The van der Waals surface area contributed by atoms with Crippen molar-refractivity contribution in [2.45, 2.75) is 19.8 Å². The Bertz CT molecular complexity index is 451. The zero-order chi connectivity index (χ0) is 15.3. The Morgan fingerprint density at radius 1 is 1.30 bits per heavy atom. The van der Waals surface area contributed by atoms with Gasteiger partial charge in [0, 0.05) is 5.57 Å². The molecule has 0 aromatic heterocycles. The summed E-state index contributed by atoms with van der Waals surface area (Å²) in [5, 5.41) is 18.3. The first-order chi connectivity index (χ1) is 9.34. The number of esters is 1. The summed E-state index contributed by atoms with van der Waals surface area (Å²) in [5.41, 5.74) is 0.270. The summed E-state index contributed by atoms with van der Waals surface area (Å²) in [6.45, 7) is 5.02. The fourth-order valence-corrected chi connectivity index (χ4v) is 2.27. The van der Waals surface area contributed by atoms with Crippen LogP contribution in [0, 0.1) is 17.8 Å². The molecular weight excluding hydrogens is 264 g/mol. The first kappa shape index (κ1) is 15.9. The van der Waals surface area contributed by atoms with Crippen molar-refractivity contribution >= 4 is 17.9 Å². The van der Waals surface area contributed by atoms with Crippen molar-refractivity contribution in [2.75, 3.05) is 6.61 Å². The lowest BCUT2D eigenvalue weighted by molar-refractivity contribution is -0.155. The van der Waals surface area contributed by atoms with Crippen LogP contribution < -0.4 is 0 Å². The molecule has 1 aliphatic carbocycles. The van der Waals surface area contributed by atoms with Gasteiger partial charge in [0.2, 0.25) is 0 Å². The SMILES string of the molecule is C=C(C)C(=O)OCCC1CC=CC(C(=O)O)C1C(=O)O. The minimum atomic E-state index is -1.16. The summed E-state index contributed by atoms with van der Waals surface area (Å²) in [7, 11) is 0. The average molecular weight is 282 g/mol. The molecule has 20 heavy (non-hydrogen) atoms. The maximum absolute atomic E-state index is 11.3. The molecule has 3 atom stereocenters. The third kappa shape index (κ3) is 3.94. The second kappa shape index (κ2) is 6.88. The fourth-order valence-electron chi connectivity index (χ4n) is 2.27. The van der Waals surface area contributed by atoms with Gasteiger partial charge in [0.15, 0.2) is 0 Å². The largest absolute Gasteiger partial charge is 0.481 e. The summed E-state index contributed by atoms with van der Waals surface area (Å²) < 4.78 is 4.93. The van der Waals surface area contributed by atoms with Crippen molar-refractivity contribution in [1.82, 2.24) is 0 Å². The van der Waals surface area contributed by atoms with Gasteiger partial charge in [0.25, 0.3) is 0 Å². The standard InChI is InChI=1S/C14H18O6/c1-8(2)14(19)20-7-6-9-4-3-5-10(12(15)16)11(9)13(17)18/h3,5,9-11H,1,4,6-7H2,2H3,(H,15,16)(H,17,18). The van der Waals surface area contributed by atoms with E-state index in [1.807, 2.05) is 0 Å². The Morgan fingerprint density at radius 2 is 1.95 bits per heavy atom. The summed E-state index contributed by atoms with van der Waals surface area (Å²) in [6.07, 6.45) is 3.86. The van der Waals surface area contributed by atoms with Crippen LogP contribution in [-0.4, -0.2) is 34.7 Å². The van der Waals surface area contributed by atoms with Crippen molar-refractivity contribution in [2.24, 2.45) is 17.8 Å². The van der Waals surface area contributed by atoms with Gasteiger partial charge in [-0.05, 0) is 25.7 Å². The minimum Gasteiger partial charge on any atom is -0.481 e. The van der Waals surface area contributed by atoms with Crippen LogP contribution in [0.2, 0.25) is 0 Å². The highest BCUT2D eigenvalue weighted by Gasteiger charge is 2.39. The molecule has 0 saturated heterocycles. The molecule has 1 rings (SSSR count). The molecule has 3 unspecified atom stereocenters. The molecule has 0 bridgehead atoms. The maximum Gasteiger partial charge on any atom is 0.333 e. The van der Waals surface area contributed by atoms with Gasteiger partial charge < -0.3 is 14.9 Å². The molecule has 0 amide bonds. The van der Waals surface area contributed by atoms with Crippen LogP contribution in [0.3, 0.4) is 0 Å². The highest BCUT2D eigenvalue weighted by molar-refractivity contribution is 5.86. The molecular formula is C14H18O6. The van der Waals surface area contributed by atoms with Crippen molar-refractivity contribution in [3.05, 3.63) is 24.3 Å². The third-order valence-corrected chi connectivity index (χ3v) is 3.32. The van der Waals surface area contributed by atoms with E-state index in [1.54, 1.807) is 6.08 Å². The molecule has 6 nitrogen and oxygen atoms in total. The van der Waals surface area contributed by atoms with Gasteiger partial charge in [0.1, 0.15) is 0 Å². The Balaban J connectivity index is 2.66. The maximum atomic E-state index is 11.3. The smallest absolute Gasteiger partial charge is 0.333 e. The Hall–Kier alpha value is -2.11. The van der Waals surface area contributed by atoms with E-state index in [1.165, 1.54) is 13.0 Å². The first-order valence-corrected chi connectivity index (χ1v) is 6.29. The van der Waals surface area contributed by atoms with E-state index in [2.05, 4.69) is 6.58 Å². The molecule has 0 fully saturated rings. The first-order valence-electron chi connectivity index (χ1n) is 6.29. The zero-order valence-corrected chi connectivity index (χ0v) is 11.2. The number of aliphatic carboxylic acids is 2. The van der Waals surface area contributed by atoms with E-state index in [-0.39, 0.29) is 18.1 Å². The Morgan fingerprint density at radius 3 is 2.45 bits per heavy atom. The molecule has 0 saturated carbocycles. The van der Waals surface area contributed by atoms with Crippen LogP contribution in [0.25, 0.3) is 0 Å². The van der Waals surface area contributed by atoms with Crippen LogP contribution >= 0.6 is 0 Å². The third-order valence-electron chi connectivity index (χ3n) is 3.32. The molecule has 0 aliphatic heterocycles. The van der Waals surface area contributed by atoms with Crippen LogP contribution in [0.4, 0.5) is 0 Å². The van der Waals surface area contributed by atoms with Crippen molar-refractivity contribution in [3.8, 4) is 0 Å². The van der Waals surface area contributed by atoms with Gasteiger partial charge >= 0.3 is 17.9 Å². The molecule has 6 heteroatoms. The lowest BCUT2D eigenvalue weighted by atomic mass is 9.74. The molecule has 0 aromatic carbocycles. The van der Waals surface area contributed by atoms with Gasteiger partial charge in [-0.15, -0.1) is 0 Å². The van der Waals surface area contributed by atoms with Crippen LogP contribution in [0.5, 0.6) is 0 Å². The van der Waals surface area contributed by atoms with Gasteiger partial charge in [-0.1, -0.05) is 18.7 Å². The highest BCUT2D eigenvalue weighted by atomic mass is 16.5. The van der Waals surface area contributed by atoms with Gasteiger partial charge in [-0.25, -0.2) is 4.79 Å². The van der Waals surface area contributed by atoms with E-state index >= 15 is 0 Å². The molecule has 0 heterocycles. The second-order valence-electron chi connectivity index (χ2n) is 4.86. The van der Waals surface area contributed by atoms with Gasteiger partial charge in [-0.2, -0.15) is 0 Å². The quantitative estimate of drug-likeness (QED) is 0.434. The number of allylic oxidation sites excluding steroid dienone is 1. The molecule has 2 N–H and O–H groups in total. The lowest BCUT2D eigenvalue weighted by Crippen LogP contribution is -2.37. The number of ether oxygens (including phenoxy) is 1. The molecule has 1 aliphatic rings. The number of carboxylic acids is 2. The minimum absolute atomic E-state index is 0.0559. The van der Waals surface area contributed by atoms with Gasteiger partial charge in [-0.3, -0.25) is 9.59 Å². The fraction of sp³-hybridized carbons (Fsp3) is 0.500. The summed E-state index contributed by atoms with van der Waals surface area (Å²) >= 11 is 0. The summed E-state index contributed by atoms with van der Waals surface area (Å²) in [4.78, 5) is 33.6. The predicted molar refractivity (Wildman–Crippen MR) is 69.9 cm³/mol. The molecule has 0 spiro atoms. The number of hydrogen-bond donors (Lipinski definition) is 2. The Kier molecular flexibility index (Phi) is 5.49. The summed E-state index contributed by atoms with van der Waals surface area (Å²) in [5.74, 6) is -5.23. The topological polar surface area (TPSA) is 101 Å².